The average Bonchev–Trinajstić information content (AvgIpc) is 3.34. The summed E-state index contributed by atoms with van der Waals surface area (Å²) in [4.78, 5) is 27.7. The third-order valence-electron chi connectivity index (χ3n) is 6.07. The van der Waals surface area contributed by atoms with E-state index >= 15 is 0 Å². The van der Waals surface area contributed by atoms with Crippen LogP contribution >= 0.6 is 0 Å². The Hall–Kier alpha value is -4.20. The molecule has 35 heavy (non-hydrogen) atoms. The number of hydrogen-bond donors (Lipinski definition) is 1. The number of hydrogen-bond acceptors (Lipinski definition) is 6. The topological polar surface area (TPSA) is 85.2 Å². The zero-order chi connectivity index (χ0) is 26.9. The quantitative estimate of drug-likeness (QED) is 0.450. The van der Waals surface area contributed by atoms with Crippen molar-refractivity contribution in [2.24, 2.45) is 0 Å². The van der Waals surface area contributed by atoms with Gasteiger partial charge >= 0.3 is 0 Å². The maximum Gasteiger partial charge on any atom is 0.227 e. The van der Waals surface area contributed by atoms with Gasteiger partial charge in [-0.2, -0.15) is 0 Å². The SMILES string of the molecule is [3H]C([3H])([3H])C(=O)N1CCc2nc(Nc3ccc(-n4cnc(C)c4)c(OC)c3)nc(Cc3ccccc3)c2C1. The second-order valence-electron chi connectivity index (χ2n) is 8.49. The lowest BCUT2D eigenvalue weighted by Gasteiger charge is -2.29. The van der Waals surface area contributed by atoms with Gasteiger partial charge in [0.1, 0.15) is 5.75 Å². The van der Waals surface area contributed by atoms with E-state index in [0.29, 0.717) is 24.5 Å². The molecule has 178 valence electrons. The molecule has 1 aliphatic rings. The van der Waals surface area contributed by atoms with Gasteiger partial charge in [-0.25, -0.2) is 15.0 Å². The van der Waals surface area contributed by atoms with Crippen LogP contribution in [0, 0.1) is 6.92 Å². The number of amides is 1. The van der Waals surface area contributed by atoms with Gasteiger partial charge in [-0.1, -0.05) is 30.3 Å². The zero-order valence-corrected chi connectivity index (χ0v) is 19.7. The van der Waals surface area contributed by atoms with Crippen LogP contribution in [-0.4, -0.2) is 44.0 Å². The third kappa shape index (κ3) is 4.87. The number of benzene rings is 2. The van der Waals surface area contributed by atoms with E-state index in [1.807, 2.05) is 66.2 Å². The normalized spacial score (nSPS) is 14.5. The van der Waals surface area contributed by atoms with E-state index in [2.05, 4.69) is 10.3 Å². The van der Waals surface area contributed by atoms with Crippen LogP contribution in [-0.2, 0) is 24.2 Å². The number of anilines is 2. The first-order valence-electron chi connectivity index (χ1n) is 12.9. The number of fused-ring (bicyclic) bond motifs is 1. The number of carbonyl (C=O) groups is 1. The minimum Gasteiger partial charge on any atom is -0.494 e. The van der Waals surface area contributed by atoms with Crippen molar-refractivity contribution in [1.82, 2.24) is 24.4 Å². The fourth-order valence-electron chi connectivity index (χ4n) is 4.30. The summed E-state index contributed by atoms with van der Waals surface area (Å²) in [6.07, 6.45) is 4.63. The summed E-state index contributed by atoms with van der Waals surface area (Å²) in [5.41, 5.74) is 5.93. The molecule has 3 heterocycles. The lowest BCUT2D eigenvalue weighted by atomic mass is 9.99. The van der Waals surface area contributed by atoms with Crippen molar-refractivity contribution in [2.75, 3.05) is 19.0 Å². The molecule has 2 aromatic carbocycles. The molecule has 0 atom stereocenters. The zero-order valence-electron chi connectivity index (χ0n) is 22.7. The maximum absolute atomic E-state index is 12.5. The maximum atomic E-state index is 12.5. The van der Waals surface area contributed by atoms with Crippen LogP contribution in [0.2, 0.25) is 0 Å². The molecule has 1 N–H and O–H groups in total. The molecule has 4 aromatic rings. The van der Waals surface area contributed by atoms with E-state index in [0.717, 1.165) is 39.6 Å². The lowest BCUT2D eigenvalue weighted by molar-refractivity contribution is -0.129. The van der Waals surface area contributed by atoms with Crippen molar-refractivity contribution in [3.8, 4) is 11.4 Å². The molecular formula is C27H28N6O2. The fraction of sp³-hybridized carbons (Fsp3) is 0.259. The van der Waals surface area contributed by atoms with E-state index in [9.17, 15) is 4.79 Å². The highest BCUT2D eigenvalue weighted by atomic mass is 16.5. The Kier molecular flexibility index (Phi) is 5.24. The highest BCUT2D eigenvalue weighted by Gasteiger charge is 2.24. The molecule has 0 bridgehead atoms. The molecule has 8 heteroatoms. The highest BCUT2D eigenvalue weighted by Crippen LogP contribution is 2.29. The number of nitrogens with one attached hydrogen (secondary N) is 1. The van der Waals surface area contributed by atoms with Gasteiger partial charge in [0, 0.05) is 60.4 Å². The van der Waals surface area contributed by atoms with Gasteiger partial charge in [0.05, 0.1) is 36.2 Å². The molecule has 0 saturated heterocycles. The number of rotatable bonds is 6. The van der Waals surface area contributed by atoms with Gasteiger partial charge in [0.2, 0.25) is 11.9 Å². The van der Waals surface area contributed by atoms with E-state index in [1.165, 1.54) is 4.90 Å². The van der Waals surface area contributed by atoms with Gasteiger partial charge in [-0.3, -0.25) is 4.79 Å². The molecule has 0 aliphatic carbocycles. The highest BCUT2D eigenvalue weighted by molar-refractivity contribution is 5.73. The van der Waals surface area contributed by atoms with E-state index in [-0.39, 0.29) is 13.1 Å². The Bertz CT molecular complexity index is 1470. The van der Waals surface area contributed by atoms with Gasteiger partial charge in [0.15, 0.2) is 0 Å². The van der Waals surface area contributed by atoms with Crippen LogP contribution in [0.4, 0.5) is 11.6 Å². The number of aryl methyl sites for hydroxylation is 1. The first-order valence-corrected chi connectivity index (χ1v) is 11.4. The van der Waals surface area contributed by atoms with Gasteiger partial charge in [-0.15, -0.1) is 0 Å². The standard InChI is InChI=1S/C27H28N6O2/c1-18-15-33(17-28-18)25-10-9-21(14-26(25)35-3)29-27-30-23-11-12-32(19(2)34)16-22(23)24(31-27)13-20-7-5-4-6-8-20/h4-10,14-15,17H,11-13,16H2,1-3H3,(H,29,30,31)/i2T3. The van der Waals surface area contributed by atoms with Crippen molar-refractivity contribution in [1.29, 1.82) is 0 Å². The van der Waals surface area contributed by atoms with E-state index < -0.39 is 12.8 Å². The summed E-state index contributed by atoms with van der Waals surface area (Å²) in [7, 11) is 1.62. The van der Waals surface area contributed by atoms with Gasteiger partial charge in [0.25, 0.3) is 0 Å². The first kappa shape index (κ1) is 19.1. The molecule has 5 rings (SSSR count). The number of imidazole rings is 1. The molecule has 0 radical (unpaired) electrons. The molecule has 2 aromatic heterocycles. The van der Waals surface area contributed by atoms with Crippen LogP contribution in [0.3, 0.4) is 0 Å². The van der Waals surface area contributed by atoms with Crippen LogP contribution < -0.4 is 10.1 Å². The van der Waals surface area contributed by atoms with E-state index in [4.69, 9.17) is 18.8 Å². The van der Waals surface area contributed by atoms with Crippen molar-refractivity contribution >= 4 is 17.5 Å². The second kappa shape index (κ2) is 9.58. The first-order chi connectivity index (χ1) is 18.2. The molecule has 8 nitrogen and oxygen atoms in total. The third-order valence-corrected chi connectivity index (χ3v) is 6.07. The van der Waals surface area contributed by atoms with Gasteiger partial charge in [-0.05, 0) is 24.6 Å². The lowest BCUT2D eigenvalue weighted by Crippen LogP contribution is -2.35. The Balaban J connectivity index is 1.48. The number of ether oxygens (including phenoxy) is 1. The Morgan fingerprint density at radius 1 is 1.20 bits per heavy atom. The summed E-state index contributed by atoms with van der Waals surface area (Å²) < 4.78 is 30.2. The number of nitrogens with zero attached hydrogens (tertiary/aromatic N) is 5. The number of carbonyl (C=O) groups excluding carboxylic acids is 1. The second-order valence-corrected chi connectivity index (χ2v) is 8.49. The van der Waals surface area contributed by atoms with Crippen LogP contribution in [0.1, 0.15) is 39.2 Å². The molecule has 0 spiro atoms. The Labute approximate surface area is 208 Å². The monoisotopic (exact) mass is 474 g/mol. The Morgan fingerprint density at radius 3 is 2.80 bits per heavy atom. The molecule has 0 saturated carbocycles. The number of methoxy groups -OCH3 is 1. The minimum atomic E-state index is -2.68. The minimum absolute atomic E-state index is 0.168. The predicted molar refractivity (Wildman–Crippen MR) is 134 cm³/mol. The summed E-state index contributed by atoms with van der Waals surface area (Å²) >= 11 is 0. The van der Waals surface area contributed by atoms with E-state index in [1.54, 1.807) is 13.4 Å². The summed E-state index contributed by atoms with van der Waals surface area (Å²) in [5, 5.41) is 3.30. The molecular weight excluding hydrogens is 440 g/mol. The number of aromatic nitrogens is 4. The van der Waals surface area contributed by atoms with Crippen molar-refractivity contribution in [3.63, 3.8) is 0 Å². The average molecular weight is 475 g/mol. The molecule has 0 fully saturated rings. The molecule has 1 amide bonds. The molecule has 1 aliphatic heterocycles. The summed E-state index contributed by atoms with van der Waals surface area (Å²) in [6.45, 7) is -0.294. The summed E-state index contributed by atoms with van der Waals surface area (Å²) in [6, 6.07) is 15.6. The van der Waals surface area contributed by atoms with Crippen LogP contribution in [0.5, 0.6) is 5.75 Å². The smallest absolute Gasteiger partial charge is 0.227 e. The molecule has 0 unspecified atom stereocenters. The Morgan fingerprint density at radius 2 is 2.06 bits per heavy atom. The van der Waals surface area contributed by atoms with Crippen LogP contribution in [0.25, 0.3) is 5.69 Å². The van der Waals surface area contributed by atoms with Crippen LogP contribution in [0.15, 0.2) is 61.1 Å². The largest absolute Gasteiger partial charge is 0.494 e. The summed E-state index contributed by atoms with van der Waals surface area (Å²) in [5.74, 6) is 0.239. The van der Waals surface area contributed by atoms with Crippen molar-refractivity contribution in [2.45, 2.75) is 33.2 Å². The van der Waals surface area contributed by atoms with Crippen molar-refractivity contribution < 1.29 is 13.6 Å². The van der Waals surface area contributed by atoms with Crippen molar-refractivity contribution in [3.05, 3.63) is 89.3 Å². The van der Waals surface area contributed by atoms with Gasteiger partial charge < -0.3 is 19.5 Å². The predicted octanol–water partition coefficient (Wildman–Crippen LogP) is 4.22. The fourth-order valence-corrected chi connectivity index (χ4v) is 4.30.